The minimum Gasteiger partial charge on any atom is -0.354 e. The minimum absolute atomic E-state index is 0.0940. The molecular weight excluding hydrogens is 450 g/mol. The van der Waals surface area contributed by atoms with Crippen molar-refractivity contribution in [3.05, 3.63) is 60.2 Å². The van der Waals surface area contributed by atoms with Gasteiger partial charge in [-0.3, -0.25) is 14.5 Å². The van der Waals surface area contributed by atoms with Crippen molar-refractivity contribution in [3.8, 4) is 5.82 Å². The summed E-state index contributed by atoms with van der Waals surface area (Å²) in [5, 5.41) is 0. The summed E-state index contributed by atoms with van der Waals surface area (Å²) < 4.78 is 55.6. The maximum Gasteiger partial charge on any atom is 0.417 e. The Morgan fingerprint density at radius 3 is 2.35 bits per heavy atom. The number of aryl methyl sites for hydroxylation is 1. The second-order valence-corrected chi connectivity index (χ2v) is 8.83. The van der Waals surface area contributed by atoms with E-state index in [0.29, 0.717) is 37.2 Å². The standard InChI is InChI=1S/C23H25F4N7/c1-15-28-7-9-33(15)22-12-29-17(11-31-22)13-34(18-3-4-18)20-6-8-32(14-19(20)24)21-5-2-16(10-30-21)23(25,26)27/h2,5,7,9-12,18-20H,3-4,6,8,13-14H2,1H3. The van der Waals surface area contributed by atoms with E-state index in [9.17, 15) is 13.2 Å². The van der Waals surface area contributed by atoms with Crippen molar-refractivity contribution >= 4 is 5.82 Å². The van der Waals surface area contributed by atoms with Gasteiger partial charge in [-0.05, 0) is 38.3 Å². The van der Waals surface area contributed by atoms with E-state index >= 15 is 4.39 Å². The van der Waals surface area contributed by atoms with Gasteiger partial charge in [0, 0.05) is 43.8 Å². The Morgan fingerprint density at radius 2 is 1.79 bits per heavy atom. The molecule has 3 aromatic rings. The van der Waals surface area contributed by atoms with Crippen molar-refractivity contribution in [2.75, 3.05) is 18.0 Å². The lowest BCUT2D eigenvalue weighted by molar-refractivity contribution is -0.137. The normalized spacial score (nSPS) is 21.3. The number of alkyl halides is 4. The third kappa shape index (κ3) is 4.75. The van der Waals surface area contributed by atoms with Gasteiger partial charge < -0.3 is 4.90 Å². The smallest absolute Gasteiger partial charge is 0.354 e. The van der Waals surface area contributed by atoms with E-state index in [2.05, 4.69) is 24.8 Å². The van der Waals surface area contributed by atoms with Crippen LogP contribution in [0, 0.1) is 6.92 Å². The first-order valence-corrected chi connectivity index (χ1v) is 11.3. The lowest BCUT2D eigenvalue weighted by atomic mass is 10.0. The Labute approximate surface area is 194 Å². The summed E-state index contributed by atoms with van der Waals surface area (Å²) in [5.41, 5.74) is -0.0365. The second-order valence-electron chi connectivity index (χ2n) is 8.83. The second kappa shape index (κ2) is 8.94. The number of anilines is 1. The van der Waals surface area contributed by atoms with Gasteiger partial charge in [0.1, 0.15) is 17.8 Å². The summed E-state index contributed by atoms with van der Waals surface area (Å²) in [6, 6.07) is 2.34. The summed E-state index contributed by atoms with van der Waals surface area (Å²) in [6.07, 6.45) is 4.75. The van der Waals surface area contributed by atoms with E-state index in [1.165, 1.54) is 6.07 Å². The van der Waals surface area contributed by atoms with Crippen LogP contribution in [0.25, 0.3) is 5.82 Å². The van der Waals surface area contributed by atoms with Crippen LogP contribution in [0.5, 0.6) is 0 Å². The topological polar surface area (TPSA) is 63.0 Å². The predicted molar refractivity (Wildman–Crippen MR) is 117 cm³/mol. The lowest BCUT2D eigenvalue weighted by Crippen LogP contribution is -2.53. The number of pyridine rings is 1. The molecule has 7 nitrogen and oxygen atoms in total. The first-order chi connectivity index (χ1) is 16.3. The average Bonchev–Trinajstić information content (AvgIpc) is 3.58. The van der Waals surface area contributed by atoms with Crippen molar-refractivity contribution in [2.24, 2.45) is 0 Å². The van der Waals surface area contributed by atoms with Crippen LogP contribution in [0.3, 0.4) is 0 Å². The molecule has 5 rings (SSSR count). The SMILES string of the molecule is Cc1nccn1-c1cnc(CN(C2CC2)C2CCN(c3ccc(C(F)(F)F)cn3)CC2F)cn1. The van der Waals surface area contributed by atoms with Crippen molar-refractivity contribution < 1.29 is 17.6 Å². The number of nitrogens with zero attached hydrogens (tertiary/aromatic N) is 7. The third-order valence-corrected chi connectivity index (χ3v) is 6.46. The molecule has 0 N–H and O–H groups in total. The van der Waals surface area contributed by atoms with Gasteiger partial charge in [0.05, 0.1) is 30.2 Å². The lowest BCUT2D eigenvalue weighted by Gasteiger charge is -2.41. The molecule has 0 bridgehead atoms. The third-order valence-electron chi connectivity index (χ3n) is 6.46. The summed E-state index contributed by atoms with van der Waals surface area (Å²) in [4.78, 5) is 21.1. The first-order valence-electron chi connectivity index (χ1n) is 11.3. The molecule has 2 atom stereocenters. The maximum atomic E-state index is 15.4. The first kappa shape index (κ1) is 22.7. The van der Waals surface area contributed by atoms with E-state index in [1.54, 1.807) is 23.5 Å². The van der Waals surface area contributed by atoms with Gasteiger partial charge in [0.15, 0.2) is 5.82 Å². The molecule has 180 valence electrons. The predicted octanol–water partition coefficient (Wildman–Crippen LogP) is 3.97. The van der Waals surface area contributed by atoms with Crippen molar-refractivity contribution in [1.29, 1.82) is 0 Å². The van der Waals surface area contributed by atoms with Crippen LogP contribution in [0.4, 0.5) is 23.4 Å². The Kier molecular flexibility index (Phi) is 5.97. The van der Waals surface area contributed by atoms with Crippen LogP contribution in [-0.4, -0.2) is 60.7 Å². The van der Waals surface area contributed by atoms with Crippen molar-refractivity contribution in [1.82, 2.24) is 29.4 Å². The Morgan fingerprint density at radius 1 is 1.00 bits per heavy atom. The number of imidazole rings is 1. The number of hydrogen-bond acceptors (Lipinski definition) is 6. The van der Waals surface area contributed by atoms with E-state index in [0.717, 1.165) is 36.6 Å². The highest BCUT2D eigenvalue weighted by Gasteiger charge is 2.41. The summed E-state index contributed by atoms with van der Waals surface area (Å²) in [7, 11) is 0. The monoisotopic (exact) mass is 475 g/mol. The highest BCUT2D eigenvalue weighted by molar-refractivity contribution is 5.41. The van der Waals surface area contributed by atoms with Crippen molar-refractivity contribution in [2.45, 2.75) is 57.2 Å². The molecule has 4 heterocycles. The van der Waals surface area contributed by atoms with Crippen LogP contribution >= 0.6 is 0 Å². The fourth-order valence-electron chi connectivity index (χ4n) is 4.50. The van der Waals surface area contributed by atoms with Crippen LogP contribution in [0.2, 0.25) is 0 Å². The van der Waals surface area contributed by atoms with Gasteiger partial charge in [0.2, 0.25) is 0 Å². The zero-order valence-corrected chi connectivity index (χ0v) is 18.7. The number of rotatable bonds is 6. The van der Waals surface area contributed by atoms with Gasteiger partial charge in [-0.1, -0.05) is 0 Å². The molecule has 0 aromatic carbocycles. The molecule has 34 heavy (non-hydrogen) atoms. The molecule has 0 amide bonds. The number of piperidine rings is 1. The zero-order valence-electron chi connectivity index (χ0n) is 18.7. The average molecular weight is 475 g/mol. The van der Waals surface area contributed by atoms with Crippen LogP contribution in [0.15, 0.2) is 43.1 Å². The molecule has 11 heteroatoms. The Hall–Kier alpha value is -3.08. The molecular formula is C23H25F4N7. The van der Waals surface area contributed by atoms with Gasteiger partial charge in [-0.25, -0.2) is 19.3 Å². The molecule has 1 aliphatic heterocycles. The molecule has 2 unspecified atom stereocenters. The molecule has 2 aliphatic rings. The summed E-state index contributed by atoms with van der Waals surface area (Å²) >= 11 is 0. The van der Waals surface area contributed by atoms with Gasteiger partial charge in [-0.15, -0.1) is 0 Å². The van der Waals surface area contributed by atoms with Crippen LogP contribution in [0.1, 0.15) is 36.3 Å². The van der Waals surface area contributed by atoms with Gasteiger partial charge in [0.25, 0.3) is 0 Å². The Balaban J connectivity index is 1.25. The van der Waals surface area contributed by atoms with E-state index in [-0.39, 0.29) is 12.6 Å². The number of halogens is 4. The molecule has 0 spiro atoms. The molecule has 0 radical (unpaired) electrons. The largest absolute Gasteiger partial charge is 0.417 e. The van der Waals surface area contributed by atoms with E-state index in [4.69, 9.17) is 0 Å². The molecule has 1 saturated carbocycles. The summed E-state index contributed by atoms with van der Waals surface area (Å²) in [5.74, 6) is 1.86. The molecule has 2 fully saturated rings. The zero-order chi connectivity index (χ0) is 23.9. The van der Waals surface area contributed by atoms with Crippen LogP contribution in [-0.2, 0) is 12.7 Å². The van der Waals surface area contributed by atoms with Crippen LogP contribution < -0.4 is 4.90 Å². The number of aromatic nitrogens is 5. The quantitative estimate of drug-likeness (QED) is 0.503. The van der Waals surface area contributed by atoms with Crippen molar-refractivity contribution in [3.63, 3.8) is 0 Å². The maximum absolute atomic E-state index is 15.4. The molecule has 1 aliphatic carbocycles. The minimum atomic E-state index is -4.44. The Bertz CT molecular complexity index is 1110. The van der Waals surface area contributed by atoms with Gasteiger partial charge >= 0.3 is 6.18 Å². The highest BCUT2D eigenvalue weighted by Crippen LogP contribution is 2.35. The van der Waals surface area contributed by atoms with E-state index < -0.39 is 17.9 Å². The van der Waals surface area contributed by atoms with Gasteiger partial charge in [-0.2, -0.15) is 13.2 Å². The molecule has 3 aromatic heterocycles. The fourth-order valence-corrected chi connectivity index (χ4v) is 4.50. The fraction of sp³-hybridized carbons (Fsp3) is 0.478. The summed E-state index contributed by atoms with van der Waals surface area (Å²) in [6.45, 7) is 3.01. The molecule has 1 saturated heterocycles. The van der Waals surface area contributed by atoms with E-state index in [1.807, 2.05) is 17.7 Å². The number of hydrogen-bond donors (Lipinski definition) is 0. The highest BCUT2D eigenvalue weighted by atomic mass is 19.4.